The van der Waals surface area contributed by atoms with Gasteiger partial charge in [-0.05, 0) is 54.7 Å². The average molecular weight is 335 g/mol. The zero-order valence-corrected chi connectivity index (χ0v) is 14.3. The molecule has 25 heavy (non-hydrogen) atoms. The van der Waals surface area contributed by atoms with Gasteiger partial charge in [0.25, 0.3) is 0 Å². The molecule has 1 amide bonds. The first-order chi connectivity index (χ1) is 12.1. The molecule has 1 fully saturated rings. The number of aryl methyl sites for hydroxylation is 1. The van der Waals surface area contributed by atoms with Crippen molar-refractivity contribution in [2.24, 2.45) is 5.41 Å². The predicted octanol–water partition coefficient (Wildman–Crippen LogP) is 3.39. The van der Waals surface area contributed by atoms with Crippen LogP contribution in [0.1, 0.15) is 34.3 Å². The molecule has 4 nitrogen and oxygen atoms in total. The Hall–Kier alpha value is -2.62. The zero-order chi connectivity index (χ0) is 17.4. The number of nitrogens with zero attached hydrogens (tertiary/aromatic N) is 1. The Balaban J connectivity index is 1.61. The van der Waals surface area contributed by atoms with E-state index in [9.17, 15) is 9.59 Å². The minimum absolute atomic E-state index is 0.0331. The second-order valence-electron chi connectivity index (χ2n) is 7.14. The number of ether oxygens (including phenoxy) is 1. The maximum Gasteiger partial charge on any atom is 0.337 e. The summed E-state index contributed by atoms with van der Waals surface area (Å²) in [4.78, 5) is 26.4. The molecule has 0 radical (unpaired) electrons. The van der Waals surface area contributed by atoms with Gasteiger partial charge in [0.15, 0.2) is 0 Å². The van der Waals surface area contributed by atoms with Crippen molar-refractivity contribution in [3.63, 3.8) is 0 Å². The second-order valence-corrected chi connectivity index (χ2v) is 7.14. The lowest BCUT2D eigenvalue weighted by atomic mass is 9.70. The lowest BCUT2D eigenvalue weighted by Crippen LogP contribution is -2.33. The third kappa shape index (κ3) is 2.82. The van der Waals surface area contributed by atoms with Crippen molar-refractivity contribution in [2.45, 2.75) is 25.7 Å². The Morgan fingerprint density at radius 1 is 1.08 bits per heavy atom. The van der Waals surface area contributed by atoms with Gasteiger partial charge in [0.05, 0.1) is 12.7 Å². The van der Waals surface area contributed by atoms with Gasteiger partial charge in [-0.1, -0.05) is 24.3 Å². The minimum atomic E-state index is -0.309. The number of methoxy groups -OCH3 is 1. The number of benzene rings is 2. The molecule has 4 heteroatoms. The van der Waals surface area contributed by atoms with Gasteiger partial charge < -0.3 is 9.64 Å². The van der Waals surface area contributed by atoms with Crippen LogP contribution < -0.4 is 4.90 Å². The van der Waals surface area contributed by atoms with Gasteiger partial charge in [0, 0.05) is 24.1 Å². The molecule has 128 valence electrons. The van der Waals surface area contributed by atoms with Crippen LogP contribution in [0, 0.1) is 5.41 Å². The molecule has 1 spiro atoms. The number of rotatable bonds is 2. The summed E-state index contributed by atoms with van der Waals surface area (Å²) in [7, 11) is 1.40. The molecule has 1 saturated heterocycles. The highest BCUT2D eigenvalue weighted by Gasteiger charge is 2.45. The molecule has 4 rings (SSSR count). The summed E-state index contributed by atoms with van der Waals surface area (Å²) in [6.07, 6.45) is 3.37. The molecule has 0 bridgehead atoms. The van der Waals surface area contributed by atoms with E-state index in [4.69, 9.17) is 4.74 Å². The van der Waals surface area contributed by atoms with Crippen molar-refractivity contribution < 1.29 is 14.3 Å². The van der Waals surface area contributed by atoms with Crippen LogP contribution >= 0.6 is 0 Å². The zero-order valence-electron chi connectivity index (χ0n) is 14.3. The van der Waals surface area contributed by atoms with Crippen molar-refractivity contribution in [1.82, 2.24) is 0 Å². The number of carbonyl (C=O) groups is 2. The van der Waals surface area contributed by atoms with E-state index >= 15 is 0 Å². The van der Waals surface area contributed by atoms with Gasteiger partial charge in [-0.15, -0.1) is 0 Å². The van der Waals surface area contributed by atoms with Crippen LogP contribution in [0.4, 0.5) is 5.69 Å². The van der Waals surface area contributed by atoms with Crippen LogP contribution in [0.15, 0.2) is 48.5 Å². The average Bonchev–Trinajstić information content (AvgIpc) is 2.96. The van der Waals surface area contributed by atoms with E-state index in [0.717, 1.165) is 31.5 Å². The van der Waals surface area contributed by atoms with Crippen molar-refractivity contribution in [1.29, 1.82) is 0 Å². The van der Waals surface area contributed by atoms with Crippen molar-refractivity contribution in [3.05, 3.63) is 65.2 Å². The fourth-order valence-corrected chi connectivity index (χ4v) is 4.20. The monoisotopic (exact) mass is 335 g/mol. The van der Waals surface area contributed by atoms with Gasteiger partial charge in [-0.3, -0.25) is 4.79 Å². The number of hydrogen-bond donors (Lipinski definition) is 0. The molecule has 0 saturated carbocycles. The first kappa shape index (κ1) is 15.9. The van der Waals surface area contributed by atoms with Crippen molar-refractivity contribution in [2.75, 3.05) is 18.6 Å². The van der Waals surface area contributed by atoms with E-state index in [1.54, 1.807) is 0 Å². The fraction of sp³-hybridized carbons (Fsp3) is 0.333. The molecular formula is C21H21NO3. The highest BCUT2D eigenvalue weighted by molar-refractivity contribution is 5.96. The summed E-state index contributed by atoms with van der Waals surface area (Å²) < 4.78 is 4.83. The van der Waals surface area contributed by atoms with E-state index in [2.05, 4.69) is 0 Å². The second kappa shape index (κ2) is 6.03. The Morgan fingerprint density at radius 3 is 2.64 bits per heavy atom. The summed E-state index contributed by atoms with van der Waals surface area (Å²) >= 11 is 0. The molecule has 1 atom stereocenters. The standard InChI is InChI=1S/C21H21NO3/c1-25-20(24)16-8-7-15-9-10-21(12-17(15)11-16)13-19(23)22(14-21)18-5-3-2-4-6-18/h2-8,11H,9-10,12-14H2,1H3. The molecule has 1 aliphatic heterocycles. The van der Waals surface area contributed by atoms with Crippen LogP contribution in [0.25, 0.3) is 0 Å². The number of fused-ring (bicyclic) bond motifs is 1. The molecule has 0 aromatic heterocycles. The first-order valence-corrected chi connectivity index (χ1v) is 8.66. The Labute approximate surface area is 147 Å². The topological polar surface area (TPSA) is 46.6 Å². The third-order valence-electron chi connectivity index (χ3n) is 5.51. The smallest absolute Gasteiger partial charge is 0.337 e. The normalized spacial score (nSPS) is 22.1. The number of anilines is 1. The summed E-state index contributed by atoms with van der Waals surface area (Å²) in [6.45, 7) is 0.748. The molecule has 2 aromatic carbocycles. The Morgan fingerprint density at radius 2 is 1.88 bits per heavy atom. The molecule has 1 aliphatic carbocycles. The van der Waals surface area contributed by atoms with Crippen LogP contribution in [-0.2, 0) is 22.4 Å². The van der Waals surface area contributed by atoms with E-state index < -0.39 is 0 Å². The minimum Gasteiger partial charge on any atom is -0.465 e. The summed E-state index contributed by atoms with van der Waals surface area (Å²) in [5, 5.41) is 0. The van der Waals surface area contributed by atoms with Gasteiger partial charge >= 0.3 is 5.97 Å². The van der Waals surface area contributed by atoms with Gasteiger partial charge in [-0.25, -0.2) is 4.79 Å². The molecule has 0 N–H and O–H groups in total. The van der Waals surface area contributed by atoms with Crippen molar-refractivity contribution in [3.8, 4) is 0 Å². The highest BCUT2D eigenvalue weighted by Crippen LogP contribution is 2.44. The van der Waals surface area contributed by atoms with Crippen LogP contribution in [0.5, 0.6) is 0 Å². The van der Waals surface area contributed by atoms with Gasteiger partial charge in [0.1, 0.15) is 0 Å². The molecule has 2 aromatic rings. The number of carbonyl (C=O) groups excluding carboxylic acids is 2. The number of hydrogen-bond acceptors (Lipinski definition) is 3. The maximum atomic E-state index is 12.6. The molecular weight excluding hydrogens is 314 g/mol. The molecule has 1 heterocycles. The fourth-order valence-electron chi connectivity index (χ4n) is 4.20. The molecule has 1 unspecified atom stereocenters. The predicted molar refractivity (Wildman–Crippen MR) is 95.7 cm³/mol. The summed E-state index contributed by atoms with van der Waals surface area (Å²) in [5.74, 6) is -0.116. The number of amides is 1. The highest BCUT2D eigenvalue weighted by atomic mass is 16.5. The van der Waals surface area contributed by atoms with Crippen LogP contribution in [-0.4, -0.2) is 25.5 Å². The van der Waals surface area contributed by atoms with Crippen LogP contribution in [0.3, 0.4) is 0 Å². The van der Waals surface area contributed by atoms with Gasteiger partial charge in [-0.2, -0.15) is 0 Å². The lowest BCUT2D eigenvalue weighted by molar-refractivity contribution is -0.117. The first-order valence-electron chi connectivity index (χ1n) is 8.66. The quantitative estimate of drug-likeness (QED) is 0.791. The summed E-state index contributed by atoms with van der Waals surface area (Å²) in [6, 6.07) is 15.7. The van der Waals surface area contributed by atoms with E-state index in [0.29, 0.717) is 12.0 Å². The lowest BCUT2D eigenvalue weighted by Gasteiger charge is -2.34. The van der Waals surface area contributed by atoms with E-state index in [1.165, 1.54) is 18.2 Å². The van der Waals surface area contributed by atoms with Crippen molar-refractivity contribution >= 4 is 17.6 Å². The number of para-hydroxylation sites is 1. The Bertz CT molecular complexity index is 830. The SMILES string of the molecule is COC(=O)c1ccc2c(c1)CC1(CC2)CC(=O)N(c2ccccc2)C1. The largest absolute Gasteiger partial charge is 0.465 e. The molecule has 2 aliphatic rings. The number of esters is 1. The third-order valence-corrected chi connectivity index (χ3v) is 5.51. The Kier molecular flexibility index (Phi) is 3.83. The van der Waals surface area contributed by atoms with E-state index in [1.807, 2.05) is 53.4 Å². The summed E-state index contributed by atoms with van der Waals surface area (Å²) in [5.41, 5.74) is 3.98. The van der Waals surface area contributed by atoms with Crippen LogP contribution in [0.2, 0.25) is 0 Å². The van der Waals surface area contributed by atoms with E-state index in [-0.39, 0.29) is 17.3 Å². The maximum absolute atomic E-state index is 12.6. The van der Waals surface area contributed by atoms with Gasteiger partial charge in [0.2, 0.25) is 5.91 Å².